The lowest BCUT2D eigenvalue weighted by atomic mass is 10.1. The first-order valence-electron chi connectivity index (χ1n) is 20.2. The van der Waals surface area contributed by atoms with Crippen LogP contribution in [-0.2, 0) is 0 Å². The Morgan fingerprint density at radius 3 is 1.11 bits per heavy atom. The highest BCUT2D eigenvalue weighted by molar-refractivity contribution is 6.11. The number of aryl methyl sites for hydroxylation is 2. The molecule has 12 aromatic rings. The van der Waals surface area contributed by atoms with Gasteiger partial charge in [-0.3, -0.25) is 13.7 Å². The van der Waals surface area contributed by atoms with E-state index in [4.69, 9.17) is 29.4 Å². The molecule has 0 saturated carbocycles. The first-order valence-corrected chi connectivity index (χ1v) is 20.2. The molecule has 9 heteroatoms. The van der Waals surface area contributed by atoms with E-state index in [1.54, 1.807) is 12.4 Å². The van der Waals surface area contributed by atoms with Gasteiger partial charge in [-0.25, -0.2) is 19.9 Å². The maximum atomic E-state index is 6.68. The third kappa shape index (κ3) is 5.70. The molecule has 0 atom stereocenters. The molecule has 6 aromatic carbocycles. The molecule has 9 nitrogen and oxygen atoms in total. The van der Waals surface area contributed by atoms with Gasteiger partial charge in [-0.15, -0.1) is 0 Å². The molecule has 0 fully saturated rings. The number of para-hydroxylation sites is 2. The summed E-state index contributed by atoms with van der Waals surface area (Å²) in [7, 11) is 0. The van der Waals surface area contributed by atoms with Gasteiger partial charge in [0.1, 0.15) is 34.6 Å². The standard InChI is InChI=1S/C52H35N7O2/c1-32-20-24-53-50(26-32)57-44-10-5-3-8-38(44)40-16-12-34(28-46(40)57)60-36-14-18-42-43-19-15-37(31-49(43)59(48(42)30-36)52-55-22-7-23-56-52)61-35-13-17-41-39-9-4-6-11-45(39)58(47(41)29-35)51-27-33(2)21-25-54-51/h3-31H,1-2H3. The average Bonchev–Trinajstić information content (AvgIpc) is 3.91. The summed E-state index contributed by atoms with van der Waals surface area (Å²) in [5.74, 6) is 5.08. The van der Waals surface area contributed by atoms with Gasteiger partial charge in [-0.2, -0.15) is 0 Å². The van der Waals surface area contributed by atoms with E-state index < -0.39 is 0 Å². The number of ether oxygens (including phenoxy) is 2. The molecule has 0 unspecified atom stereocenters. The molecule has 0 aliphatic rings. The molecule has 61 heavy (non-hydrogen) atoms. The maximum Gasteiger partial charge on any atom is 0.234 e. The summed E-state index contributed by atoms with van der Waals surface area (Å²) >= 11 is 0. The number of rotatable bonds is 7. The summed E-state index contributed by atoms with van der Waals surface area (Å²) < 4.78 is 19.8. The van der Waals surface area contributed by atoms with Crippen LogP contribution in [0.15, 0.2) is 176 Å². The highest BCUT2D eigenvalue weighted by atomic mass is 16.5. The fourth-order valence-electron chi connectivity index (χ4n) is 8.81. The van der Waals surface area contributed by atoms with Gasteiger partial charge in [0.25, 0.3) is 0 Å². The summed E-state index contributed by atoms with van der Waals surface area (Å²) in [5, 5.41) is 6.66. The summed E-state index contributed by atoms with van der Waals surface area (Å²) in [6.45, 7) is 4.17. The van der Waals surface area contributed by atoms with Gasteiger partial charge in [0.05, 0.1) is 33.1 Å². The van der Waals surface area contributed by atoms with Crippen LogP contribution < -0.4 is 9.47 Å². The number of hydrogen-bond acceptors (Lipinski definition) is 6. The van der Waals surface area contributed by atoms with Gasteiger partial charge in [0.2, 0.25) is 5.95 Å². The Morgan fingerprint density at radius 2 is 0.705 bits per heavy atom. The van der Waals surface area contributed by atoms with Crippen LogP contribution in [0, 0.1) is 13.8 Å². The van der Waals surface area contributed by atoms with Crippen molar-refractivity contribution in [3.05, 3.63) is 188 Å². The normalized spacial score (nSPS) is 11.8. The Kier molecular flexibility index (Phi) is 7.76. The van der Waals surface area contributed by atoms with E-state index in [0.717, 1.165) is 88.2 Å². The molecular weight excluding hydrogens is 755 g/mol. The van der Waals surface area contributed by atoms with Crippen molar-refractivity contribution in [2.75, 3.05) is 0 Å². The first kappa shape index (κ1) is 34.7. The van der Waals surface area contributed by atoms with Crippen LogP contribution in [-0.4, -0.2) is 33.6 Å². The van der Waals surface area contributed by atoms with Crippen molar-refractivity contribution in [2.24, 2.45) is 0 Å². The third-order valence-corrected chi connectivity index (χ3v) is 11.5. The van der Waals surface area contributed by atoms with Gasteiger partial charge >= 0.3 is 0 Å². The lowest BCUT2D eigenvalue weighted by Gasteiger charge is -2.11. The molecule has 0 amide bonds. The number of pyridine rings is 2. The number of benzene rings is 6. The minimum Gasteiger partial charge on any atom is -0.457 e. The molecule has 0 radical (unpaired) electrons. The molecule has 290 valence electrons. The number of aromatic nitrogens is 7. The van der Waals surface area contributed by atoms with Crippen LogP contribution in [0.1, 0.15) is 11.1 Å². The largest absolute Gasteiger partial charge is 0.457 e. The van der Waals surface area contributed by atoms with E-state index in [2.05, 4.69) is 137 Å². The third-order valence-electron chi connectivity index (χ3n) is 11.5. The van der Waals surface area contributed by atoms with Crippen LogP contribution in [0.4, 0.5) is 0 Å². The molecule has 0 aliphatic carbocycles. The van der Waals surface area contributed by atoms with Gasteiger partial charge in [-0.1, -0.05) is 36.4 Å². The second-order valence-electron chi connectivity index (χ2n) is 15.4. The minimum atomic E-state index is 0.546. The van der Waals surface area contributed by atoms with Crippen molar-refractivity contribution >= 4 is 65.4 Å². The first-order chi connectivity index (χ1) is 30.0. The molecule has 0 N–H and O–H groups in total. The van der Waals surface area contributed by atoms with E-state index in [0.29, 0.717) is 28.9 Å². The van der Waals surface area contributed by atoms with Gasteiger partial charge in [0.15, 0.2) is 0 Å². The van der Waals surface area contributed by atoms with E-state index >= 15 is 0 Å². The van der Waals surface area contributed by atoms with Crippen molar-refractivity contribution in [2.45, 2.75) is 13.8 Å². The van der Waals surface area contributed by atoms with E-state index in [-0.39, 0.29) is 0 Å². The number of nitrogens with zero attached hydrogens (tertiary/aromatic N) is 7. The van der Waals surface area contributed by atoms with E-state index in [9.17, 15) is 0 Å². The van der Waals surface area contributed by atoms with E-state index in [1.807, 2.05) is 54.9 Å². The fourth-order valence-corrected chi connectivity index (χ4v) is 8.81. The molecule has 0 saturated heterocycles. The predicted octanol–water partition coefficient (Wildman–Crippen LogP) is 12.8. The number of fused-ring (bicyclic) bond motifs is 9. The molecule has 0 bridgehead atoms. The zero-order valence-corrected chi connectivity index (χ0v) is 33.2. The van der Waals surface area contributed by atoms with Gasteiger partial charge in [0, 0.05) is 81.4 Å². The zero-order valence-electron chi connectivity index (χ0n) is 33.2. The molecule has 0 spiro atoms. The molecule has 0 aliphatic heterocycles. The minimum absolute atomic E-state index is 0.546. The molecular formula is C52H35N7O2. The summed E-state index contributed by atoms with van der Waals surface area (Å²) in [6.07, 6.45) is 7.23. The monoisotopic (exact) mass is 789 g/mol. The molecule has 12 rings (SSSR count). The van der Waals surface area contributed by atoms with Crippen molar-refractivity contribution < 1.29 is 9.47 Å². The molecule has 6 aromatic heterocycles. The zero-order chi connectivity index (χ0) is 40.6. The Hall–Kier alpha value is -8.30. The quantitative estimate of drug-likeness (QED) is 0.160. The second kappa shape index (κ2) is 13.6. The highest BCUT2D eigenvalue weighted by Crippen LogP contribution is 2.40. The topological polar surface area (TPSA) is 84.8 Å². The van der Waals surface area contributed by atoms with Crippen molar-refractivity contribution in [1.82, 2.24) is 33.6 Å². The average molecular weight is 790 g/mol. The predicted molar refractivity (Wildman–Crippen MR) is 243 cm³/mol. The van der Waals surface area contributed by atoms with Crippen LogP contribution in [0.5, 0.6) is 23.0 Å². The van der Waals surface area contributed by atoms with E-state index in [1.165, 1.54) is 0 Å². The van der Waals surface area contributed by atoms with Gasteiger partial charge < -0.3 is 9.47 Å². The Labute approximate surface area is 349 Å². The summed E-state index contributed by atoms with van der Waals surface area (Å²) in [4.78, 5) is 18.9. The van der Waals surface area contributed by atoms with Crippen LogP contribution in [0.25, 0.3) is 83.0 Å². The Balaban J connectivity index is 0.953. The SMILES string of the molecule is Cc1ccnc(-n2c3ccccc3c3ccc(Oc4ccc5c6ccc(Oc7ccc8c9ccccc9n(-c9cc(C)ccn9)c8c7)cc6n(-c6ncccn6)c5c4)cc32)c1. The Morgan fingerprint density at radius 1 is 0.328 bits per heavy atom. The summed E-state index contributed by atoms with van der Waals surface area (Å²) in [5.41, 5.74) is 8.32. The van der Waals surface area contributed by atoms with Crippen molar-refractivity contribution in [3.8, 4) is 40.6 Å². The fraction of sp³-hybridized carbons (Fsp3) is 0.0385. The number of hydrogen-bond donors (Lipinski definition) is 0. The lowest BCUT2D eigenvalue weighted by Crippen LogP contribution is -2.00. The van der Waals surface area contributed by atoms with Crippen molar-refractivity contribution in [3.63, 3.8) is 0 Å². The maximum absolute atomic E-state index is 6.68. The summed E-state index contributed by atoms with van der Waals surface area (Å²) in [6, 6.07) is 51.8. The Bertz CT molecular complexity index is 3470. The van der Waals surface area contributed by atoms with Crippen molar-refractivity contribution in [1.29, 1.82) is 0 Å². The van der Waals surface area contributed by atoms with Crippen LogP contribution in [0.2, 0.25) is 0 Å². The highest BCUT2D eigenvalue weighted by Gasteiger charge is 2.19. The lowest BCUT2D eigenvalue weighted by molar-refractivity contribution is 0.484. The van der Waals surface area contributed by atoms with Crippen LogP contribution >= 0.6 is 0 Å². The van der Waals surface area contributed by atoms with Crippen LogP contribution in [0.3, 0.4) is 0 Å². The smallest absolute Gasteiger partial charge is 0.234 e. The molecule has 6 heterocycles. The van der Waals surface area contributed by atoms with Gasteiger partial charge in [-0.05, 0) is 116 Å². The second-order valence-corrected chi connectivity index (χ2v) is 15.4.